The first-order valence-electron chi connectivity index (χ1n) is 9.89. The van der Waals surface area contributed by atoms with Gasteiger partial charge in [0.1, 0.15) is 12.4 Å². The lowest BCUT2D eigenvalue weighted by molar-refractivity contribution is -0.384. The van der Waals surface area contributed by atoms with Gasteiger partial charge in [0.25, 0.3) is 11.6 Å². The Hall–Kier alpha value is -4.02. The monoisotopic (exact) mass is 492 g/mol. The van der Waals surface area contributed by atoms with Crippen molar-refractivity contribution in [2.75, 3.05) is 4.90 Å². The number of thiocarbonyl (C=S) groups is 1. The van der Waals surface area contributed by atoms with Crippen molar-refractivity contribution in [3.8, 4) is 5.75 Å². The van der Waals surface area contributed by atoms with Crippen molar-refractivity contribution in [3.63, 3.8) is 0 Å². The van der Waals surface area contributed by atoms with E-state index in [1.54, 1.807) is 36.4 Å². The highest BCUT2D eigenvalue weighted by Gasteiger charge is 2.33. The van der Waals surface area contributed by atoms with Gasteiger partial charge in [-0.15, -0.1) is 0 Å². The van der Waals surface area contributed by atoms with Crippen LogP contribution in [0.2, 0.25) is 0 Å². The van der Waals surface area contributed by atoms with E-state index in [1.807, 2.05) is 6.07 Å². The molecule has 1 amide bonds. The van der Waals surface area contributed by atoms with Crippen LogP contribution in [0.1, 0.15) is 21.5 Å². The van der Waals surface area contributed by atoms with Gasteiger partial charge in [0.05, 0.1) is 21.1 Å². The molecule has 1 N–H and O–H groups in total. The maximum absolute atomic E-state index is 13.0. The number of nitrogens with zero attached hydrogens (tertiary/aromatic N) is 2. The number of thioether (sulfide) groups is 1. The van der Waals surface area contributed by atoms with Crippen LogP contribution in [0.3, 0.4) is 0 Å². The zero-order chi connectivity index (χ0) is 24.2. The number of carbonyl (C=O) groups excluding carboxylic acids is 1. The van der Waals surface area contributed by atoms with Crippen LogP contribution in [-0.2, 0) is 11.4 Å². The Morgan fingerprint density at radius 2 is 1.82 bits per heavy atom. The van der Waals surface area contributed by atoms with Gasteiger partial charge < -0.3 is 9.84 Å². The number of carboxylic acid groups (broad SMARTS) is 1. The molecule has 8 nitrogen and oxygen atoms in total. The molecule has 34 heavy (non-hydrogen) atoms. The number of carboxylic acids is 1. The number of rotatable bonds is 7. The molecule has 1 fully saturated rings. The molecular weight excluding hydrogens is 476 g/mol. The number of anilines is 1. The van der Waals surface area contributed by atoms with Gasteiger partial charge in [-0.1, -0.05) is 48.2 Å². The van der Waals surface area contributed by atoms with Crippen molar-refractivity contribution in [3.05, 3.63) is 105 Å². The highest BCUT2D eigenvalue weighted by atomic mass is 32.2. The molecule has 0 bridgehead atoms. The van der Waals surface area contributed by atoms with Gasteiger partial charge >= 0.3 is 5.97 Å². The van der Waals surface area contributed by atoms with Gasteiger partial charge in [0.15, 0.2) is 4.32 Å². The van der Waals surface area contributed by atoms with Crippen molar-refractivity contribution >= 4 is 57.6 Å². The number of ether oxygens (including phenoxy) is 1. The minimum absolute atomic E-state index is 0.0700. The Kier molecular flexibility index (Phi) is 6.71. The molecule has 1 heterocycles. The molecule has 0 aromatic heterocycles. The van der Waals surface area contributed by atoms with Gasteiger partial charge in [-0.3, -0.25) is 19.8 Å². The number of nitro benzene ring substituents is 1. The summed E-state index contributed by atoms with van der Waals surface area (Å²) in [6, 6.07) is 19.2. The van der Waals surface area contributed by atoms with Crippen LogP contribution >= 0.6 is 24.0 Å². The van der Waals surface area contributed by atoms with E-state index in [0.29, 0.717) is 20.7 Å². The lowest BCUT2D eigenvalue weighted by atomic mass is 10.1. The van der Waals surface area contributed by atoms with Crippen molar-refractivity contribution in [2.24, 2.45) is 0 Å². The normalized spacial score (nSPS) is 14.5. The number of hydrogen-bond acceptors (Lipinski definition) is 7. The van der Waals surface area contributed by atoms with Crippen LogP contribution in [0.4, 0.5) is 11.4 Å². The Morgan fingerprint density at radius 3 is 2.47 bits per heavy atom. The summed E-state index contributed by atoms with van der Waals surface area (Å²) < 4.78 is 6.14. The van der Waals surface area contributed by atoms with E-state index < -0.39 is 10.9 Å². The Labute approximate surface area is 203 Å². The molecular formula is C24H16N2O6S2. The molecule has 0 spiro atoms. The van der Waals surface area contributed by atoms with E-state index in [2.05, 4.69) is 0 Å². The summed E-state index contributed by atoms with van der Waals surface area (Å²) in [5.74, 6) is -0.713. The Bertz CT molecular complexity index is 1320. The molecule has 1 saturated heterocycles. The van der Waals surface area contributed by atoms with Crippen molar-refractivity contribution in [1.82, 2.24) is 0 Å². The predicted molar refractivity (Wildman–Crippen MR) is 133 cm³/mol. The SMILES string of the molecule is O=C(O)c1ccc(COc2cccc(/C=C3\SC(=S)N(c4ccc([N+](=O)[O-])cc4)C3=O)c2)cc1. The fraction of sp³-hybridized carbons (Fsp3) is 0.0417. The largest absolute Gasteiger partial charge is 0.489 e. The van der Waals surface area contributed by atoms with Gasteiger partial charge in [-0.05, 0) is 53.6 Å². The number of nitro groups is 1. The first-order chi connectivity index (χ1) is 16.3. The number of carbonyl (C=O) groups is 2. The molecule has 3 aromatic rings. The standard InChI is InChI=1S/C24H16N2O6S2/c27-22-21(34-24(33)25(22)18-8-10-19(11-9-18)26(30)31)13-16-2-1-3-20(12-16)32-14-15-4-6-17(7-5-15)23(28)29/h1-13H,14H2,(H,28,29)/b21-13-. The summed E-state index contributed by atoms with van der Waals surface area (Å²) in [5, 5.41) is 19.8. The summed E-state index contributed by atoms with van der Waals surface area (Å²) in [5.41, 5.74) is 2.15. The Balaban J connectivity index is 1.47. The van der Waals surface area contributed by atoms with Crippen molar-refractivity contribution in [2.45, 2.75) is 6.61 Å². The van der Waals surface area contributed by atoms with Crippen LogP contribution in [-0.4, -0.2) is 26.2 Å². The molecule has 0 saturated carbocycles. The zero-order valence-electron chi connectivity index (χ0n) is 17.4. The van der Waals surface area contributed by atoms with Crippen molar-refractivity contribution in [1.29, 1.82) is 0 Å². The highest BCUT2D eigenvalue weighted by molar-refractivity contribution is 8.27. The fourth-order valence-electron chi connectivity index (χ4n) is 3.17. The van der Waals surface area contributed by atoms with E-state index >= 15 is 0 Å². The van der Waals surface area contributed by atoms with E-state index in [9.17, 15) is 19.7 Å². The molecule has 170 valence electrons. The third-order valence-corrected chi connectivity index (χ3v) is 6.18. The maximum Gasteiger partial charge on any atom is 0.335 e. The molecule has 4 rings (SSSR count). The molecule has 10 heteroatoms. The van der Waals surface area contributed by atoms with Gasteiger partial charge in [0.2, 0.25) is 0 Å². The quantitative estimate of drug-likeness (QED) is 0.205. The third-order valence-electron chi connectivity index (χ3n) is 4.87. The van der Waals surface area contributed by atoms with Crippen LogP contribution in [0, 0.1) is 10.1 Å². The van der Waals surface area contributed by atoms with E-state index in [1.165, 1.54) is 41.3 Å². The first kappa shape index (κ1) is 23.1. The van der Waals surface area contributed by atoms with E-state index in [4.69, 9.17) is 22.1 Å². The van der Waals surface area contributed by atoms with Crippen LogP contribution in [0.15, 0.2) is 77.7 Å². The molecule has 0 unspecified atom stereocenters. The topological polar surface area (TPSA) is 110 Å². The minimum atomic E-state index is -0.987. The smallest absolute Gasteiger partial charge is 0.335 e. The summed E-state index contributed by atoms with van der Waals surface area (Å²) in [6.45, 7) is 0.256. The third kappa shape index (κ3) is 5.13. The number of non-ortho nitro benzene ring substituents is 1. The summed E-state index contributed by atoms with van der Waals surface area (Å²) in [7, 11) is 0. The van der Waals surface area contributed by atoms with Gasteiger partial charge in [-0.2, -0.15) is 0 Å². The zero-order valence-corrected chi connectivity index (χ0v) is 19.0. The van der Waals surface area contributed by atoms with E-state index in [0.717, 1.165) is 22.9 Å². The van der Waals surface area contributed by atoms with Crippen molar-refractivity contribution < 1.29 is 24.4 Å². The number of amides is 1. The number of benzene rings is 3. The molecule has 0 radical (unpaired) electrons. The average molecular weight is 493 g/mol. The maximum atomic E-state index is 13.0. The summed E-state index contributed by atoms with van der Waals surface area (Å²) in [6.07, 6.45) is 1.71. The predicted octanol–water partition coefficient (Wildman–Crippen LogP) is 5.28. The second kappa shape index (κ2) is 9.86. The molecule has 1 aliphatic heterocycles. The van der Waals surface area contributed by atoms with Gasteiger partial charge in [-0.25, -0.2) is 4.79 Å². The van der Waals surface area contributed by atoms with Crippen LogP contribution in [0.25, 0.3) is 6.08 Å². The number of hydrogen-bond donors (Lipinski definition) is 1. The average Bonchev–Trinajstić information content (AvgIpc) is 3.10. The lowest BCUT2D eigenvalue weighted by Crippen LogP contribution is -2.27. The highest BCUT2D eigenvalue weighted by Crippen LogP contribution is 2.36. The summed E-state index contributed by atoms with van der Waals surface area (Å²) in [4.78, 5) is 36.0. The van der Waals surface area contributed by atoms with Gasteiger partial charge in [0, 0.05) is 12.1 Å². The van der Waals surface area contributed by atoms with E-state index in [-0.39, 0.29) is 23.8 Å². The van der Waals surface area contributed by atoms with Crippen LogP contribution in [0.5, 0.6) is 5.75 Å². The first-order valence-corrected chi connectivity index (χ1v) is 11.1. The second-order valence-electron chi connectivity index (χ2n) is 7.15. The summed E-state index contributed by atoms with van der Waals surface area (Å²) >= 11 is 6.50. The van der Waals surface area contributed by atoms with Crippen LogP contribution < -0.4 is 9.64 Å². The Morgan fingerprint density at radius 1 is 1.12 bits per heavy atom. The molecule has 0 aliphatic carbocycles. The fourth-order valence-corrected chi connectivity index (χ4v) is 4.47. The number of aromatic carboxylic acids is 1. The lowest BCUT2D eigenvalue weighted by Gasteiger charge is -2.13. The molecule has 0 atom stereocenters. The minimum Gasteiger partial charge on any atom is -0.489 e. The molecule has 1 aliphatic rings. The second-order valence-corrected chi connectivity index (χ2v) is 8.83. The molecule has 3 aromatic carbocycles.